The number of aromatic nitrogens is 1. The van der Waals surface area contributed by atoms with E-state index in [0.717, 1.165) is 11.3 Å². The van der Waals surface area contributed by atoms with Crippen LogP contribution in [0.25, 0.3) is 0 Å². The second-order valence-electron chi connectivity index (χ2n) is 6.65. The van der Waals surface area contributed by atoms with Gasteiger partial charge < -0.3 is 15.2 Å². The number of hydrogen-bond donors (Lipinski definition) is 2. The molecule has 2 N–H and O–H groups in total. The largest absolute Gasteiger partial charge is 0.352 e. The number of H-pyrrole nitrogens is 1. The second kappa shape index (κ2) is 7.99. The van der Waals surface area contributed by atoms with Crippen LogP contribution in [0, 0.1) is 12.8 Å². The Hall–Kier alpha value is -2.89. The van der Waals surface area contributed by atoms with Crippen molar-refractivity contribution in [3.63, 3.8) is 0 Å². The normalized spacial score (nSPS) is 14.9. The molecule has 6 nitrogen and oxygen atoms in total. The van der Waals surface area contributed by atoms with Crippen molar-refractivity contribution in [1.29, 1.82) is 0 Å². The summed E-state index contributed by atoms with van der Waals surface area (Å²) < 4.78 is 0. The molecule has 0 saturated carbocycles. The first kappa shape index (κ1) is 17.9. The second-order valence-corrected chi connectivity index (χ2v) is 6.65. The van der Waals surface area contributed by atoms with Crippen molar-refractivity contribution in [2.45, 2.75) is 26.3 Å². The molecule has 1 fully saturated rings. The molecular weight excluding hydrogens is 330 g/mol. The maximum Gasteiger partial charge on any atom is 0.260 e. The number of carbonyl (C=O) groups is 2. The monoisotopic (exact) mass is 353 g/mol. The summed E-state index contributed by atoms with van der Waals surface area (Å²) in [6, 6.07) is 13.1. The van der Waals surface area contributed by atoms with Crippen LogP contribution in [0.4, 0.5) is 0 Å². The van der Waals surface area contributed by atoms with Crippen LogP contribution in [0.3, 0.4) is 0 Å². The SMILES string of the molecule is Cc1ccc(C(=O)N2CCC(C(=O)NCc3ccccc3)CC2)c(=O)[nH]1. The molecule has 2 aromatic rings. The molecule has 2 amide bonds. The van der Waals surface area contributed by atoms with Crippen molar-refractivity contribution < 1.29 is 9.59 Å². The minimum absolute atomic E-state index is 0.0223. The lowest BCUT2D eigenvalue weighted by Crippen LogP contribution is -2.44. The van der Waals surface area contributed by atoms with Gasteiger partial charge in [0, 0.05) is 31.2 Å². The van der Waals surface area contributed by atoms with E-state index in [0.29, 0.717) is 32.5 Å². The summed E-state index contributed by atoms with van der Waals surface area (Å²) in [5.74, 6) is -0.345. The molecule has 6 heteroatoms. The van der Waals surface area contributed by atoms with Gasteiger partial charge in [-0.2, -0.15) is 0 Å². The highest BCUT2D eigenvalue weighted by atomic mass is 16.2. The van der Waals surface area contributed by atoms with Crippen LogP contribution in [0.5, 0.6) is 0 Å². The molecular formula is C20H23N3O3. The highest BCUT2D eigenvalue weighted by molar-refractivity contribution is 5.94. The first-order chi connectivity index (χ1) is 12.5. The summed E-state index contributed by atoms with van der Waals surface area (Å²) in [6.45, 7) is 3.25. The molecule has 0 atom stereocenters. The summed E-state index contributed by atoms with van der Waals surface area (Å²) >= 11 is 0. The van der Waals surface area contributed by atoms with Gasteiger partial charge >= 0.3 is 0 Å². The van der Waals surface area contributed by atoms with Gasteiger partial charge in [0.1, 0.15) is 5.56 Å². The number of aromatic amines is 1. The topological polar surface area (TPSA) is 82.3 Å². The number of pyridine rings is 1. The molecule has 3 rings (SSSR count). The predicted octanol–water partition coefficient (Wildman–Crippen LogP) is 1.85. The van der Waals surface area contributed by atoms with Crippen LogP contribution in [-0.2, 0) is 11.3 Å². The molecule has 1 saturated heterocycles. The van der Waals surface area contributed by atoms with Gasteiger partial charge in [0.05, 0.1) is 0 Å². The zero-order chi connectivity index (χ0) is 18.5. The molecule has 0 unspecified atom stereocenters. The third-order valence-corrected chi connectivity index (χ3v) is 4.75. The van der Waals surface area contributed by atoms with Crippen molar-refractivity contribution in [2.75, 3.05) is 13.1 Å². The molecule has 1 aliphatic heterocycles. The Morgan fingerprint density at radius 1 is 1.12 bits per heavy atom. The van der Waals surface area contributed by atoms with Crippen molar-refractivity contribution >= 4 is 11.8 Å². The molecule has 0 aliphatic carbocycles. The third kappa shape index (κ3) is 4.20. The van der Waals surface area contributed by atoms with Gasteiger partial charge in [-0.25, -0.2) is 0 Å². The Morgan fingerprint density at radius 3 is 2.46 bits per heavy atom. The van der Waals surface area contributed by atoms with Gasteiger partial charge in [0.15, 0.2) is 0 Å². The standard InChI is InChI=1S/C20H23N3O3/c1-14-7-8-17(19(25)22-14)20(26)23-11-9-16(10-12-23)18(24)21-13-15-5-3-2-4-6-15/h2-8,16H,9-13H2,1H3,(H,21,24)(H,22,25). The summed E-state index contributed by atoms with van der Waals surface area (Å²) in [7, 11) is 0. The number of nitrogens with zero attached hydrogens (tertiary/aromatic N) is 1. The Morgan fingerprint density at radius 2 is 1.81 bits per heavy atom. The number of carbonyl (C=O) groups excluding carboxylic acids is 2. The van der Waals surface area contributed by atoms with E-state index < -0.39 is 0 Å². The van der Waals surface area contributed by atoms with Gasteiger partial charge in [0.2, 0.25) is 5.91 Å². The van der Waals surface area contributed by atoms with Gasteiger partial charge in [-0.15, -0.1) is 0 Å². The molecule has 0 radical (unpaired) electrons. The Bertz CT molecular complexity index is 837. The van der Waals surface area contributed by atoms with E-state index >= 15 is 0 Å². The maximum atomic E-state index is 12.5. The van der Waals surface area contributed by atoms with Crippen LogP contribution in [0.15, 0.2) is 47.3 Å². The van der Waals surface area contributed by atoms with E-state index in [2.05, 4.69) is 10.3 Å². The predicted molar refractivity (Wildman–Crippen MR) is 98.7 cm³/mol. The van der Waals surface area contributed by atoms with E-state index in [1.807, 2.05) is 30.3 Å². The first-order valence-corrected chi connectivity index (χ1v) is 8.85. The maximum absolute atomic E-state index is 12.5. The smallest absolute Gasteiger partial charge is 0.260 e. The number of benzene rings is 1. The summed E-state index contributed by atoms with van der Waals surface area (Å²) in [5, 5.41) is 2.96. The molecule has 1 aromatic carbocycles. The van der Waals surface area contributed by atoms with Crippen LogP contribution in [0.2, 0.25) is 0 Å². The quantitative estimate of drug-likeness (QED) is 0.880. The van der Waals surface area contributed by atoms with E-state index in [1.54, 1.807) is 24.0 Å². The van der Waals surface area contributed by atoms with Crippen LogP contribution in [-0.4, -0.2) is 34.8 Å². The number of rotatable bonds is 4. The molecule has 136 valence electrons. The molecule has 1 aliphatic rings. The fourth-order valence-electron chi connectivity index (χ4n) is 3.18. The summed E-state index contributed by atoms with van der Waals surface area (Å²) in [5.41, 5.74) is 1.58. The van der Waals surface area contributed by atoms with Crippen LogP contribution in [0.1, 0.15) is 34.5 Å². The average molecular weight is 353 g/mol. The average Bonchev–Trinajstić information content (AvgIpc) is 2.66. The lowest BCUT2D eigenvalue weighted by atomic mass is 9.95. The van der Waals surface area contributed by atoms with Crippen molar-refractivity contribution in [2.24, 2.45) is 5.92 Å². The number of hydrogen-bond acceptors (Lipinski definition) is 3. The third-order valence-electron chi connectivity index (χ3n) is 4.75. The number of nitrogens with one attached hydrogen (secondary N) is 2. The van der Waals surface area contributed by atoms with E-state index in [1.165, 1.54) is 0 Å². The Balaban J connectivity index is 1.52. The van der Waals surface area contributed by atoms with Gasteiger partial charge in [0.25, 0.3) is 11.5 Å². The highest BCUT2D eigenvalue weighted by Gasteiger charge is 2.28. The summed E-state index contributed by atoms with van der Waals surface area (Å²) in [6.07, 6.45) is 1.21. The number of amides is 2. The van der Waals surface area contributed by atoms with Gasteiger partial charge in [-0.3, -0.25) is 14.4 Å². The minimum atomic E-state index is -0.363. The lowest BCUT2D eigenvalue weighted by Gasteiger charge is -2.31. The fourth-order valence-corrected chi connectivity index (χ4v) is 3.18. The molecule has 26 heavy (non-hydrogen) atoms. The van der Waals surface area contributed by atoms with E-state index in [9.17, 15) is 14.4 Å². The first-order valence-electron chi connectivity index (χ1n) is 8.85. The van der Waals surface area contributed by atoms with Crippen LogP contribution < -0.4 is 10.9 Å². The zero-order valence-corrected chi connectivity index (χ0v) is 14.8. The molecule has 0 spiro atoms. The zero-order valence-electron chi connectivity index (χ0n) is 14.8. The fraction of sp³-hybridized carbons (Fsp3) is 0.350. The van der Waals surface area contributed by atoms with E-state index in [-0.39, 0.29) is 28.9 Å². The van der Waals surface area contributed by atoms with Crippen LogP contribution >= 0.6 is 0 Å². The molecule has 1 aromatic heterocycles. The highest BCUT2D eigenvalue weighted by Crippen LogP contribution is 2.19. The lowest BCUT2D eigenvalue weighted by molar-refractivity contribution is -0.126. The van der Waals surface area contributed by atoms with Crippen molar-refractivity contribution in [3.05, 3.63) is 69.6 Å². The van der Waals surface area contributed by atoms with Crippen molar-refractivity contribution in [1.82, 2.24) is 15.2 Å². The minimum Gasteiger partial charge on any atom is -0.352 e. The number of likely N-dealkylation sites (tertiary alicyclic amines) is 1. The van der Waals surface area contributed by atoms with E-state index in [4.69, 9.17) is 0 Å². The molecule has 2 heterocycles. The molecule has 0 bridgehead atoms. The van der Waals surface area contributed by atoms with Gasteiger partial charge in [-0.1, -0.05) is 30.3 Å². The Labute approximate surface area is 152 Å². The van der Waals surface area contributed by atoms with Gasteiger partial charge in [-0.05, 0) is 37.5 Å². The number of piperidine rings is 1. The Kier molecular flexibility index (Phi) is 5.51. The summed E-state index contributed by atoms with van der Waals surface area (Å²) in [4.78, 5) is 41.1. The van der Waals surface area contributed by atoms with Crippen molar-refractivity contribution in [3.8, 4) is 0 Å². The number of aryl methyl sites for hydroxylation is 1.